The van der Waals surface area contributed by atoms with Crippen molar-refractivity contribution in [3.63, 3.8) is 0 Å². The molecule has 1 aromatic carbocycles. The van der Waals surface area contributed by atoms with E-state index in [4.69, 9.17) is 16.9 Å². The molecule has 2 rings (SSSR count). The summed E-state index contributed by atoms with van der Waals surface area (Å²) in [4.78, 5) is 2.27. The zero-order valence-corrected chi connectivity index (χ0v) is 11.3. The van der Waals surface area contributed by atoms with Gasteiger partial charge in [-0.2, -0.15) is 5.26 Å². The quantitative estimate of drug-likeness (QED) is 0.892. The van der Waals surface area contributed by atoms with Crippen LogP contribution in [0.5, 0.6) is 0 Å². The molecule has 1 aromatic rings. The van der Waals surface area contributed by atoms with Gasteiger partial charge in [-0.15, -0.1) is 0 Å². The summed E-state index contributed by atoms with van der Waals surface area (Å²) < 4.78 is 0. The molecule has 0 bridgehead atoms. The second-order valence-corrected chi connectivity index (χ2v) is 5.17. The first-order valence-corrected chi connectivity index (χ1v) is 6.71. The fourth-order valence-electron chi connectivity index (χ4n) is 2.35. The first kappa shape index (κ1) is 13.2. The van der Waals surface area contributed by atoms with Crippen molar-refractivity contribution < 1.29 is 0 Å². The largest absolute Gasteiger partial charge is 0.365 e. The van der Waals surface area contributed by atoms with E-state index in [0.29, 0.717) is 12.5 Å². The van der Waals surface area contributed by atoms with E-state index < -0.39 is 0 Å². The van der Waals surface area contributed by atoms with Gasteiger partial charge in [-0.25, -0.2) is 0 Å². The van der Waals surface area contributed by atoms with Crippen molar-refractivity contribution in [2.45, 2.75) is 31.8 Å². The summed E-state index contributed by atoms with van der Waals surface area (Å²) in [6.45, 7) is 3.95. The molecule has 2 atom stereocenters. The number of hydrogen-bond acceptors (Lipinski definition) is 3. The minimum Gasteiger partial charge on any atom is -0.365 e. The summed E-state index contributed by atoms with van der Waals surface area (Å²) in [7, 11) is 0. The molecule has 1 fully saturated rings. The van der Waals surface area contributed by atoms with Crippen LogP contribution in [0.25, 0.3) is 0 Å². The van der Waals surface area contributed by atoms with Gasteiger partial charge in [0.2, 0.25) is 0 Å². The normalized spacial score (nSPS) is 24.4. The smallest absolute Gasteiger partial charge is 0.0643 e. The van der Waals surface area contributed by atoms with E-state index in [9.17, 15) is 0 Å². The van der Waals surface area contributed by atoms with Crippen molar-refractivity contribution in [3.8, 4) is 6.07 Å². The van der Waals surface area contributed by atoms with Crippen molar-refractivity contribution >= 4 is 17.3 Å². The van der Waals surface area contributed by atoms with Gasteiger partial charge in [0.15, 0.2) is 0 Å². The highest BCUT2D eigenvalue weighted by atomic mass is 35.5. The molecule has 96 valence electrons. The molecule has 0 aliphatic carbocycles. The van der Waals surface area contributed by atoms with Crippen LogP contribution in [0.1, 0.15) is 19.8 Å². The second-order valence-electron chi connectivity index (χ2n) is 4.76. The van der Waals surface area contributed by atoms with Crippen molar-refractivity contribution in [2.75, 3.05) is 18.0 Å². The van der Waals surface area contributed by atoms with Crippen LogP contribution in [0.4, 0.5) is 5.69 Å². The molecule has 4 heteroatoms. The maximum atomic E-state index is 8.97. The number of nitrogens with zero attached hydrogens (tertiary/aromatic N) is 2. The highest BCUT2D eigenvalue weighted by Gasteiger charge is 2.24. The molecule has 0 saturated carbocycles. The average Bonchev–Trinajstić information content (AvgIpc) is 2.54. The molecule has 1 heterocycles. The highest BCUT2D eigenvalue weighted by Crippen LogP contribution is 2.28. The van der Waals surface area contributed by atoms with Gasteiger partial charge in [0.05, 0.1) is 29.2 Å². The van der Waals surface area contributed by atoms with Crippen LogP contribution in [0.15, 0.2) is 24.3 Å². The number of nitriles is 1. The van der Waals surface area contributed by atoms with Gasteiger partial charge < -0.3 is 10.2 Å². The molecule has 1 aliphatic rings. The van der Waals surface area contributed by atoms with Crippen LogP contribution < -0.4 is 10.2 Å². The maximum Gasteiger partial charge on any atom is 0.0643 e. The van der Waals surface area contributed by atoms with Gasteiger partial charge in [0.1, 0.15) is 0 Å². The van der Waals surface area contributed by atoms with Crippen LogP contribution in [0, 0.1) is 11.3 Å². The predicted octanol–water partition coefficient (Wildman–Crippen LogP) is 2.81. The zero-order chi connectivity index (χ0) is 13.0. The summed E-state index contributed by atoms with van der Waals surface area (Å²) >= 11 is 6.27. The van der Waals surface area contributed by atoms with E-state index in [2.05, 4.69) is 23.2 Å². The van der Waals surface area contributed by atoms with E-state index in [1.54, 1.807) is 0 Å². The Morgan fingerprint density at radius 2 is 2.28 bits per heavy atom. The summed E-state index contributed by atoms with van der Waals surface area (Å²) in [5, 5.41) is 13.2. The highest BCUT2D eigenvalue weighted by molar-refractivity contribution is 6.33. The van der Waals surface area contributed by atoms with Crippen LogP contribution in [0.3, 0.4) is 0 Å². The number of halogens is 1. The molecule has 0 amide bonds. The van der Waals surface area contributed by atoms with Crippen molar-refractivity contribution in [2.24, 2.45) is 0 Å². The first-order valence-electron chi connectivity index (χ1n) is 6.34. The van der Waals surface area contributed by atoms with E-state index >= 15 is 0 Å². The molecular weight excluding hydrogens is 246 g/mol. The molecule has 0 radical (unpaired) electrons. The predicted molar refractivity (Wildman–Crippen MR) is 74.9 cm³/mol. The van der Waals surface area contributed by atoms with E-state index in [0.717, 1.165) is 30.2 Å². The molecule has 0 spiro atoms. The Morgan fingerprint density at radius 1 is 1.50 bits per heavy atom. The molecule has 18 heavy (non-hydrogen) atoms. The Morgan fingerprint density at radius 3 is 3.00 bits per heavy atom. The average molecular weight is 264 g/mol. The van der Waals surface area contributed by atoms with Crippen LogP contribution in [-0.2, 0) is 0 Å². The molecule has 1 aliphatic heterocycles. The minimum atomic E-state index is 0.194. The van der Waals surface area contributed by atoms with Gasteiger partial charge in [-0.1, -0.05) is 23.7 Å². The maximum absolute atomic E-state index is 8.97. The summed E-state index contributed by atoms with van der Waals surface area (Å²) in [6.07, 6.45) is 1.58. The fourth-order valence-corrected chi connectivity index (χ4v) is 2.60. The second kappa shape index (κ2) is 6.08. The summed E-state index contributed by atoms with van der Waals surface area (Å²) in [6, 6.07) is 10.8. The standard InChI is InChI=1S/C14H18ClN3/c1-11-7-9-18(12(6-8-16)10-17-11)14-5-3-2-4-13(14)15/h2-5,11-12,17H,6-7,9-10H2,1H3. The minimum absolute atomic E-state index is 0.194. The SMILES string of the molecule is CC1CCN(c2ccccc2Cl)C(CC#N)CN1. The number of rotatable bonds is 2. The van der Waals surface area contributed by atoms with E-state index in [1.807, 2.05) is 24.3 Å². The third-order valence-corrected chi connectivity index (χ3v) is 3.75. The van der Waals surface area contributed by atoms with Gasteiger partial charge in [-0.05, 0) is 25.5 Å². The third-order valence-electron chi connectivity index (χ3n) is 3.43. The Kier molecular flexibility index (Phi) is 4.46. The Labute approximate surface area is 113 Å². The van der Waals surface area contributed by atoms with Crippen LogP contribution >= 0.6 is 11.6 Å². The summed E-state index contributed by atoms with van der Waals surface area (Å²) in [5.41, 5.74) is 1.04. The van der Waals surface area contributed by atoms with E-state index in [1.165, 1.54) is 0 Å². The summed E-state index contributed by atoms with van der Waals surface area (Å²) in [5.74, 6) is 0. The Hall–Kier alpha value is -1.24. The van der Waals surface area contributed by atoms with Gasteiger partial charge in [0, 0.05) is 19.1 Å². The topological polar surface area (TPSA) is 39.1 Å². The third kappa shape index (κ3) is 2.95. The monoisotopic (exact) mass is 263 g/mol. The van der Waals surface area contributed by atoms with Crippen LogP contribution in [0.2, 0.25) is 5.02 Å². The number of hydrogen-bond donors (Lipinski definition) is 1. The van der Waals surface area contributed by atoms with E-state index in [-0.39, 0.29) is 6.04 Å². The zero-order valence-electron chi connectivity index (χ0n) is 10.6. The number of para-hydroxylation sites is 1. The lowest BCUT2D eigenvalue weighted by Crippen LogP contribution is -2.40. The lowest BCUT2D eigenvalue weighted by atomic mass is 10.1. The van der Waals surface area contributed by atoms with Crippen molar-refractivity contribution in [1.82, 2.24) is 5.32 Å². The van der Waals surface area contributed by atoms with Gasteiger partial charge in [0.25, 0.3) is 0 Å². The van der Waals surface area contributed by atoms with Gasteiger partial charge >= 0.3 is 0 Å². The lowest BCUT2D eigenvalue weighted by molar-refractivity contribution is 0.538. The first-order chi connectivity index (χ1) is 8.72. The lowest BCUT2D eigenvalue weighted by Gasteiger charge is -2.31. The Bertz CT molecular complexity index is 441. The molecule has 1 N–H and O–H groups in total. The molecule has 3 nitrogen and oxygen atoms in total. The molecular formula is C14H18ClN3. The Balaban J connectivity index is 2.26. The van der Waals surface area contributed by atoms with Crippen LogP contribution in [-0.4, -0.2) is 25.2 Å². The fraction of sp³-hybridized carbons (Fsp3) is 0.500. The van der Waals surface area contributed by atoms with Gasteiger partial charge in [-0.3, -0.25) is 0 Å². The number of benzene rings is 1. The number of anilines is 1. The van der Waals surface area contributed by atoms with Crippen molar-refractivity contribution in [1.29, 1.82) is 5.26 Å². The number of nitrogens with one attached hydrogen (secondary N) is 1. The molecule has 0 aromatic heterocycles. The molecule has 2 unspecified atom stereocenters. The molecule has 1 saturated heterocycles. The van der Waals surface area contributed by atoms with Crippen molar-refractivity contribution in [3.05, 3.63) is 29.3 Å².